The zero-order valence-electron chi connectivity index (χ0n) is 12.9. The van der Waals surface area contributed by atoms with Gasteiger partial charge in [0, 0.05) is 0 Å². The van der Waals surface area contributed by atoms with Gasteiger partial charge in [-0.1, -0.05) is 48.6 Å². The summed E-state index contributed by atoms with van der Waals surface area (Å²) in [4.78, 5) is 24.6. The van der Waals surface area contributed by atoms with Crippen molar-refractivity contribution in [1.29, 1.82) is 0 Å². The molecule has 4 heteroatoms. The molecular weight excluding hydrogens is 280 g/mol. The van der Waals surface area contributed by atoms with Crippen LogP contribution in [0.2, 0.25) is 0 Å². The molecule has 0 fully saturated rings. The van der Waals surface area contributed by atoms with Crippen molar-refractivity contribution in [3.63, 3.8) is 0 Å². The summed E-state index contributed by atoms with van der Waals surface area (Å²) >= 11 is 0. The van der Waals surface area contributed by atoms with Crippen LogP contribution in [0.4, 0.5) is 0 Å². The number of allylic oxidation sites excluding steroid dienone is 3. The lowest BCUT2D eigenvalue weighted by Gasteiger charge is -2.27. The van der Waals surface area contributed by atoms with Crippen LogP contribution in [-0.4, -0.2) is 25.2 Å². The Labute approximate surface area is 130 Å². The van der Waals surface area contributed by atoms with Crippen molar-refractivity contribution >= 4 is 17.5 Å². The van der Waals surface area contributed by atoms with Crippen molar-refractivity contribution in [1.82, 2.24) is 0 Å². The molecule has 116 valence electrons. The third-order valence-electron chi connectivity index (χ3n) is 3.58. The summed E-state index contributed by atoms with van der Waals surface area (Å²) in [6.07, 6.45) is 5.51. The topological polar surface area (TPSA) is 52.6 Å². The quantitative estimate of drug-likeness (QED) is 0.619. The van der Waals surface area contributed by atoms with Crippen LogP contribution in [0.3, 0.4) is 0 Å². The zero-order valence-corrected chi connectivity index (χ0v) is 12.9. The third kappa shape index (κ3) is 3.11. The van der Waals surface area contributed by atoms with Crippen LogP contribution in [0.15, 0.2) is 48.6 Å². The Morgan fingerprint density at radius 3 is 2.09 bits per heavy atom. The largest absolute Gasteiger partial charge is 0.465 e. The van der Waals surface area contributed by atoms with Gasteiger partial charge in [0.05, 0.1) is 13.2 Å². The Morgan fingerprint density at radius 2 is 1.64 bits per heavy atom. The molecular formula is C18H20O4. The predicted octanol–water partition coefficient (Wildman–Crippen LogP) is 3.14. The molecule has 0 unspecified atom stereocenters. The van der Waals surface area contributed by atoms with E-state index in [-0.39, 0.29) is 19.6 Å². The molecule has 0 heterocycles. The smallest absolute Gasteiger partial charge is 0.327 e. The van der Waals surface area contributed by atoms with Gasteiger partial charge in [0.1, 0.15) is 0 Å². The number of carbonyl (C=O) groups is 2. The summed E-state index contributed by atoms with van der Waals surface area (Å²) in [6, 6.07) is 9.80. The highest BCUT2D eigenvalue weighted by atomic mass is 16.6. The number of hydrogen-bond donors (Lipinski definition) is 0. The van der Waals surface area contributed by atoms with E-state index in [0.29, 0.717) is 0 Å². The van der Waals surface area contributed by atoms with E-state index in [9.17, 15) is 9.59 Å². The van der Waals surface area contributed by atoms with E-state index in [2.05, 4.69) is 0 Å². The fourth-order valence-corrected chi connectivity index (χ4v) is 2.39. The van der Waals surface area contributed by atoms with Gasteiger partial charge in [-0.2, -0.15) is 0 Å². The molecule has 0 amide bonds. The molecule has 0 atom stereocenters. The highest BCUT2D eigenvalue weighted by Gasteiger charge is 2.47. The molecule has 0 spiro atoms. The normalized spacial score (nSPS) is 15.8. The van der Waals surface area contributed by atoms with E-state index in [0.717, 1.165) is 11.1 Å². The highest BCUT2D eigenvalue weighted by molar-refractivity contribution is 6.04. The fraction of sp³-hybridized carbons (Fsp3) is 0.333. The first-order valence-corrected chi connectivity index (χ1v) is 7.43. The number of rotatable bonds is 5. The molecule has 0 saturated carbocycles. The number of esters is 2. The minimum absolute atomic E-state index is 0.225. The van der Waals surface area contributed by atoms with Gasteiger partial charge in [0.15, 0.2) is 5.41 Å². The van der Waals surface area contributed by atoms with E-state index in [1.54, 1.807) is 26.0 Å². The van der Waals surface area contributed by atoms with E-state index >= 15 is 0 Å². The van der Waals surface area contributed by atoms with Crippen molar-refractivity contribution < 1.29 is 19.1 Å². The summed E-state index contributed by atoms with van der Waals surface area (Å²) < 4.78 is 10.1. The predicted molar refractivity (Wildman–Crippen MR) is 83.9 cm³/mol. The van der Waals surface area contributed by atoms with E-state index in [1.807, 2.05) is 36.4 Å². The molecule has 2 rings (SSSR count). The Morgan fingerprint density at radius 1 is 1.05 bits per heavy atom. The molecule has 1 aliphatic rings. The fourth-order valence-electron chi connectivity index (χ4n) is 2.39. The van der Waals surface area contributed by atoms with Crippen LogP contribution in [0.5, 0.6) is 0 Å². The molecule has 1 aliphatic carbocycles. The van der Waals surface area contributed by atoms with Gasteiger partial charge in [-0.3, -0.25) is 9.59 Å². The maximum absolute atomic E-state index is 12.3. The molecule has 4 nitrogen and oxygen atoms in total. The maximum atomic E-state index is 12.3. The van der Waals surface area contributed by atoms with Crippen molar-refractivity contribution in [2.45, 2.75) is 20.3 Å². The van der Waals surface area contributed by atoms with E-state index < -0.39 is 17.4 Å². The van der Waals surface area contributed by atoms with Gasteiger partial charge in [-0.25, -0.2) is 0 Å². The summed E-state index contributed by atoms with van der Waals surface area (Å²) in [5, 5.41) is 0. The molecule has 22 heavy (non-hydrogen) atoms. The van der Waals surface area contributed by atoms with Gasteiger partial charge in [0.2, 0.25) is 0 Å². The second-order valence-electron chi connectivity index (χ2n) is 4.98. The number of ether oxygens (including phenoxy) is 2. The first-order chi connectivity index (χ1) is 10.6. The lowest BCUT2D eigenvalue weighted by Crippen LogP contribution is -2.41. The Balaban J connectivity index is 2.28. The molecule has 0 aliphatic heterocycles. The first kappa shape index (κ1) is 16.0. The van der Waals surface area contributed by atoms with Crippen molar-refractivity contribution in [3.05, 3.63) is 54.1 Å². The van der Waals surface area contributed by atoms with E-state index in [4.69, 9.17) is 9.47 Å². The van der Waals surface area contributed by atoms with Gasteiger partial charge >= 0.3 is 11.9 Å². The number of carbonyl (C=O) groups excluding carboxylic acids is 2. The summed E-state index contributed by atoms with van der Waals surface area (Å²) in [7, 11) is 0. The van der Waals surface area contributed by atoms with Crippen molar-refractivity contribution in [2.75, 3.05) is 13.2 Å². The molecule has 0 aromatic heterocycles. The van der Waals surface area contributed by atoms with Crippen molar-refractivity contribution in [3.8, 4) is 0 Å². The SMILES string of the molecule is CCOC(=O)C1(C(=O)OCC)C=CC(c2ccccc2)=CC1. The second kappa shape index (κ2) is 7.07. The summed E-state index contributed by atoms with van der Waals surface area (Å²) in [6.45, 7) is 3.88. The Kier molecular flexibility index (Phi) is 5.15. The second-order valence-corrected chi connectivity index (χ2v) is 4.98. The molecule has 1 aromatic carbocycles. The minimum Gasteiger partial charge on any atom is -0.465 e. The summed E-state index contributed by atoms with van der Waals surface area (Å²) in [5.74, 6) is -1.12. The number of benzene rings is 1. The zero-order chi connectivity index (χ0) is 16.0. The first-order valence-electron chi connectivity index (χ1n) is 7.43. The number of hydrogen-bond acceptors (Lipinski definition) is 4. The molecule has 0 bridgehead atoms. The maximum Gasteiger partial charge on any atom is 0.327 e. The van der Waals surface area contributed by atoms with Crippen LogP contribution in [0.1, 0.15) is 25.8 Å². The third-order valence-corrected chi connectivity index (χ3v) is 3.58. The summed E-state index contributed by atoms with van der Waals surface area (Å²) in [5.41, 5.74) is 0.648. The lowest BCUT2D eigenvalue weighted by molar-refractivity contribution is -0.167. The van der Waals surface area contributed by atoms with Crippen LogP contribution in [0, 0.1) is 5.41 Å². The van der Waals surface area contributed by atoms with E-state index in [1.165, 1.54) is 0 Å². The van der Waals surface area contributed by atoms with Gasteiger partial charge in [-0.15, -0.1) is 0 Å². The monoisotopic (exact) mass is 300 g/mol. The molecule has 0 saturated heterocycles. The average molecular weight is 300 g/mol. The molecule has 0 radical (unpaired) electrons. The van der Waals surface area contributed by atoms with Crippen LogP contribution >= 0.6 is 0 Å². The molecule has 1 aromatic rings. The van der Waals surface area contributed by atoms with Gasteiger partial charge < -0.3 is 9.47 Å². The Bertz CT molecular complexity index is 581. The molecule has 0 N–H and O–H groups in total. The van der Waals surface area contributed by atoms with Gasteiger partial charge in [0.25, 0.3) is 0 Å². The van der Waals surface area contributed by atoms with Crippen LogP contribution in [-0.2, 0) is 19.1 Å². The van der Waals surface area contributed by atoms with Crippen LogP contribution in [0.25, 0.3) is 5.57 Å². The van der Waals surface area contributed by atoms with Gasteiger partial charge in [-0.05, 0) is 31.4 Å². The lowest BCUT2D eigenvalue weighted by atomic mass is 9.79. The highest BCUT2D eigenvalue weighted by Crippen LogP contribution is 2.35. The standard InChI is InChI=1S/C18H20O4/c1-3-21-16(19)18(17(20)22-4-2)12-10-15(11-13-18)14-8-6-5-7-9-14/h5-12H,3-4,13H2,1-2H3. The average Bonchev–Trinajstić information content (AvgIpc) is 2.56. The van der Waals surface area contributed by atoms with Crippen molar-refractivity contribution in [2.24, 2.45) is 5.41 Å². The van der Waals surface area contributed by atoms with Crippen LogP contribution < -0.4 is 0 Å². The Hall–Kier alpha value is -2.36. The minimum atomic E-state index is -1.37.